The Kier molecular flexibility index (Phi) is 31.9. The lowest BCUT2D eigenvalue weighted by Crippen LogP contribution is -2.65. The van der Waals surface area contributed by atoms with Gasteiger partial charge in [-0.05, 0) is 168 Å². The zero-order valence-electron chi connectivity index (χ0n) is 74.6. The molecule has 0 saturated carbocycles. The van der Waals surface area contributed by atoms with E-state index in [-0.39, 0.29) is 43.5 Å². The van der Waals surface area contributed by atoms with Crippen molar-refractivity contribution in [2.45, 2.75) is 206 Å². The van der Waals surface area contributed by atoms with Crippen molar-refractivity contribution in [2.24, 2.45) is 11.5 Å². The summed E-state index contributed by atoms with van der Waals surface area (Å²) in [4.78, 5) is 140. The number of rotatable bonds is 24. The number of nitrogens with two attached hydrogens (primary N) is 2. The number of phenols is 3. The molecule has 8 aliphatic rings. The number of likely N-dealkylation sites (N-methyl/N-ethyl adjacent to an activating group) is 3. The van der Waals surface area contributed by atoms with E-state index in [1.54, 1.807) is 45.0 Å². The molecule has 8 aliphatic heterocycles. The number of nitrogens with one attached hydrogen (secondary N) is 8. The van der Waals surface area contributed by atoms with E-state index in [0.717, 1.165) is 65.2 Å². The van der Waals surface area contributed by atoms with E-state index in [1.807, 2.05) is 36.4 Å². The van der Waals surface area contributed by atoms with E-state index >= 15 is 28.8 Å². The highest BCUT2D eigenvalue weighted by Gasteiger charge is 2.53. The molecule has 3 fully saturated rings. The number of fused-ring (bicyclic) bond motifs is 15. The number of nitrogens with zero attached hydrogens (tertiary/aromatic N) is 2. The van der Waals surface area contributed by atoms with Gasteiger partial charge in [0.15, 0.2) is 42.8 Å². The van der Waals surface area contributed by atoms with Crippen LogP contribution in [0.25, 0.3) is 22.3 Å². The molecule has 8 heterocycles. The Hall–Kier alpha value is -11.2. The van der Waals surface area contributed by atoms with Crippen molar-refractivity contribution >= 4 is 88.0 Å². The molecule has 22 N–H and O–H groups in total. The van der Waals surface area contributed by atoms with Crippen LogP contribution >= 0.6 is 34.8 Å². The minimum absolute atomic E-state index is 0.139. The third-order valence-corrected chi connectivity index (χ3v) is 25.3. The molecule has 3 saturated heterocycles. The van der Waals surface area contributed by atoms with E-state index in [9.17, 15) is 65.4 Å². The highest BCUT2D eigenvalue weighted by Crippen LogP contribution is 2.51. The van der Waals surface area contributed by atoms with Crippen molar-refractivity contribution in [2.75, 3.05) is 54.5 Å². The number of hydrogen-bond acceptors (Lipinski definition) is 32. The number of carbonyl (C=O) groups excluding carboxylic acids is 9. The second kappa shape index (κ2) is 42.6. The third kappa shape index (κ3) is 23.2. The van der Waals surface area contributed by atoms with E-state index in [1.165, 1.54) is 70.1 Å². The van der Waals surface area contributed by atoms with Gasteiger partial charge >= 0.3 is 5.97 Å². The molecule has 15 rings (SSSR count). The van der Waals surface area contributed by atoms with Crippen molar-refractivity contribution < 1.29 is 137 Å². The van der Waals surface area contributed by atoms with Crippen LogP contribution in [0.2, 0.25) is 15.1 Å². The number of ether oxygens (including phenoxy) is 9. The summed E-state index contributed by atoms with van der Waals surface area (Å²) < 4.78 is 58.9. The molecule has 0 aliphatic carbocycles. The summed E-state index contributed by atoms with van der Waals surface area (Å²) in [7, 11) is 6.31. The van der Waals surface area contributed by atoms with Crippen molar-refractivity contribution in [1.29, 1.82) is 0 Å². The summed E-state index contributed by atoms with van der Waals surface area (Å²) in [5, 5.41) is 139. The molecule has 40 nitrogen and oxygen atoms in total. The minimum Gasteiger partial charge on any atom is -0.508 e. The zero-order valence-corrected chi connectivity index (χ0v) is 76.9. The number of aliphatic hydroxyl groups excluding tert-OH is 7. The van der Waals surface area contributed by atoms with Crippen molar-refractivity contribution in [3.8, 4) is 68.2 Å². The summed E-state index contributed by atoms with van der Waals surface area (Å²) >= 11 is 21.0. The monoisotopic (exact) mass is 1930 g/mol. The van der Waals surface area contributed by atoms with Gasteiger partial charge in [-0.25, -0.2) is 4.79 Å². The fraction of sp³-hybridized carbons (Fsp3) is 0.446. The lowest BCUT2D eigenvalue weighted by atomic mass is 9.84. The lowest BCUT2D eigenvalue weighted by molar-refractivity contribution is -0.334. The second-order valence-corrected chi connectivity index (χ2v) is 36.3. The fourth-order valence-electron chi connectivity index (χ4n) is 16.8. The maximum absolute atomic E-state index is 16.7. The molecule has 7 aromatic carbocycles. The van der Waals surface area contributed by atoms with Gasteiger partial charge in [0.25, 0.3) is 5.91 Å². The molecule has 2 unspecified atom stereocenters. The van der Waals surface area contributed by atoms with Crippen LogP contribution in [-0.4, -0.2) is 278 Å². The van der Waals surface area contributed by atoms with Crippen molar-refractivity contribution in [3.05, 3.63) is 176 Å². The average molecular weight is 1940 g/mol. The summed E-state index contributed by atoms with van der Waals surface area (Å²) in [5.74, 6) is -16.9. The average Bonchev–Trinajstić information content (AvgIpc) is 0.761. The van der Waals surface area contributed by atoms with Crippen LogP contribution in [0, 0.1) is 0 Å². The molecule has 0 radical (unpaired) electrons. The smallest absolute Gasteiger partial charge is 0.333 e. The Morgan fingerprint density at radius 2 is 1.24 bits per heavy atom. The highest BCUT2D eigenvalue weighted by atomic mass is 35.5. The molecule has 8 amide bonds. The first-order chi connectivity index (χ1) is 63.9. The van der Waals surface area contributed by atoms with Gasteiger partial charge < -0.3 is 157 Å². The maximum Gasteiger partial charge on any atom is 0.333 e. The SMILES string of the molecule is CN[C@H](CC(C)O)C(=O)N[C@H]1C(=O)N[C@@H](CC(N)=O)C(=O)N[C@H]2C(=O)N[C@H]3C(=O)N[C@H](C(=O)N[C@H](C(=O)OCC(=O)N(C)CCN(C)C)c4cc(O)cc(O)c4-c4cc3ccc4O)[C@H](O[C@H]3C[C@](C)(N)[C@@H](O)[C@H](C)O3)c3ccc(c(Cl)c3)Oc3cc2cc(c3OC2O[C@H](CO)[C@@H](O)[C@H](O)[C@H]2O[C@H]2C[C@](C)(NCc3ccc(-c4ccc(Cl)cc4)cc3)[C@@H](O)[C@H](C)O2)Oc2ccc(cc2Cl)[C@H]1O. The largest absolute Gasteiger partial charge is 0.508 e. The quantitative estimate of drug-likeness (QED) is 0.0387. The predicted molar refractivity (Wildman–Crippen MR) is 482 cm³/mol. The van der Waals surface area contributed by atoms with Gasteiger partial charge in [-0.1, -0.05) is 89.4 Å². The molecular weight excluding hydrogens is 1830 g/mol. The van der Waals surface area contributed by atoms with Crippen LogP contribution in [0.4, 0.5) is 0 Å². The molecule has 11 bridgehead atoms. The maximum atomic E-state index is 16.7. The third-order valence-electron chi connectivity index (χ3n) is 24.4. The number of phenolic OH excluding ortho intramolecular Hbond substituents is 3. The number of aromatic hydroxyl groups is 3. The Morgan fingerprint density at radius 3 is 1.86 bits per heavy atom. The summed E-state index contributed by atoms with van der Waals surface area (Å²) in [6.45, 7) is 6.27. The van der Waals surface area contributed by atoms with E-state index in [0.29, 0.717) is 11.6 Å². The summed E-state index contributed by atoms with van der Waals surface area (Å²) in [6, 6.07) is 13.9. The van der Waals surface area contributed by atoms with Gasteiger partial charge in [0.2, 0.25) is 53.4 Å². The van der Waals surface area contributed by atoms with Crippen LogP contribution in [0.3, 0.4) is 0 Å². The van der Waals surface area contributed by atoms with Gasteiger partial charge in [-0.2, -0.15) is 0 Å². The number of hydrogen-bond donors (Lipinski definition) is 20. The number of esters is 1. The number of halogens is 3. The number of primary amides is 1. The Morgan fingerprint density at radius 1 is 0.644 bits per heavy atom. The predicted octanol–water partition coefficient (Wildman–Crippen LogP) is 2.70. The Balaban J connectivity index is 1.02. The van der Waals surface area contributed by atoms with Gasteiger partial charge in [-0.3, -0.25) is 38.4 Å². The molecule has 726 valence electrons. The topological polar surface area (TPSA) is 594 Å². The molecule has 43 heteroatoms. The molecule has 23 atom stereocenters. The summed E-state index contributed by atoms with van der Waals surface area (Å²) in [6.07, 6.45) is -25.0. The molecule has 0 spiro atoms. The van der Waals surface area contributed by atoms with E-state index in [4.69, 9.17) is 88.9 Å². The van der Waals surface area contributed by atoms with Gasteiger partial charge in [0.05, 0.1) is 59.6 Å². The Bertz CT molecular complexity index is 5570. The number of aliphatic hydroxyl groups is 7. The number of benzene rings is 7. The van der Waals surface area contributed by atoms with Crippen LogP contribution in [0.5, 0.6) is 46.0 Å². The van der Waals surface area contributed by atoms with Crippen molar-refractivity contribution in [3.63, 3.8) is 0 Å². The van der Waals surface area contributed by atoms with E-state index in [2.05, 4.69) is 42.5 Å². The van der Waals surface area contributed by atoms with Gasteiger partial charge in [0.1, 0.15) is 89.5 Å². The molecule has 7 aromatic rings. The molecule has 0 aromatic heterocycles. The first-order valence-electron chi connectivity index (χ1n) is 43.3. The fourth-order valence-corrected chi connectivity index (χ4v) is 17.4. The van der Waals surface area contributed by atoms with Crippen LogP contribution in [-0.2, 0) is 78.1 Å². The zero-order chi connectivity index (χ0) is 97.8. The standard InChI is InChI=1S/C92H109Cl3N12O28/c1-40(109)26-56(98-6)83(120)104-73-75(115)47-17-22-60(54(94)28-47)130-62-30-49-31-63(79(62)135-90-80(77(117)76(116)64(38-108)132-90)134-68-36-92(5,82(119)42(3)129-68)99-37-43-10-12-44(13-11-43)45-14-19-50(93)20-15-45)131-61-23-18-48(29-55(61)95)78(133-67-35-91(4,97)81(118)41(2)128-67)74-88(125)103-72(89(126)127-39-66(114)107(9)25-24-106(7)8)53-32-51(110)33-59(112)69(53)52-27-46(16-21-58(52)111)70(85(122)105-74)102-86(123)71(49)101-84(121)57(34-65(96)113)100-87(73)124/h10-23,27-33,40-42,56-57,64,67-68,70-78,80-82,90,98-99,108-112,115-119H,24-26,34-39,97H2,1-9H3,(H2,96,113)(H,100,124)(H,101,121)(H,102,123)(H,103,125)(H,104,120)(H,105,122)/t40?,41-,42-,56+,57-,64+,67-,68-,70+,71+,72-,73+,74-,75+,76+,77-,78+,80+,81-,82-,90?,91-,92-/m0/s1. The molecule has 135 heavy (non-hydrogen) atoms. The Labute approximate surface area is 789 Å². The minimum atomic E-state index is -2.44. The van der Waals surface area contributed by atoms with Crippen LogP contribution < -0.4 is 68.2 Å². The van der Waals surface area contributed by atoms with Crippen LogP contribution in [0.15, 0.2) is 127 Å². The van der Waals surface area contributed by atoms with Crippen LogP contribution in [0.1, 0.15) is 124 Å². The number of amides is 8. The van der Waals surface area contributed by atoms with E-state index < -0.39 is 296 Å². The van der Waals surface area contributed by atoms with Crippen molar-refractivity contribution in [1.82, 2.24) is 52.3 Å². The van der Waals surface area contributed by atoms with Gasteiger partial charge in [0, 0.05) is 78.4 Å². The first-order valence-corrected chi connectivity index (χ1v) is 44.4. The van der Waals surface area contributed by atoms with Gasteiger partial charge in [-0.15, -0.1) is 0 Å². The summed E-state index contributed by atoms with van der Waals surface area (Å²) in [5.41, 5.74) is 9.49. The number of carbonyl (C=O) groups is 9. The highest BCUT2D eigenvalue weighted by molar-refractivity contribution is 6.32. The lowest BCUT2D eigenvalue weighted by Gasteiger charge is -2.48. The normalized spacial score (nSPS) is 28.6. The molecular formula is C92H109Cl3N12O28. The first kappa shape index (κ1) is 101. The second-order valence-electron chi connectivity index (χ2n) is 35.1.